The van der Waals surface area contributed by atoms with Gasteiger partial charge in [-0.15, -0.1) is 0 Å². The predicted molar refractivity (Wildman–Crippen MR) is 148 cm³/mol. The monoisotopic (exact) mass is 489 g/mol. The first-order chi connectivity index (χ1) is 17.7. The van der Waals surface area contributed by atoms with Crippen molar-refractivity contribution in [3.8, 4) is 0 Å². The highest BCUT2D eigenvalue weighted by Gasteiger charge is 2.60. The van der Waals surface area contributed by atoms with E-state index in [-0.39, 0.29) is 5.84 Å². The lowest BCUT2D eigenvalue weighted by Crippen LogP contribution is -2.53. The summed E-state index contributed by atoms with van der Waals surface area (Å²) in [5, 5.41) is 27.8. The van der Waals surface area contributed by atoms with Crippen molar-refractivity contribution in [2.75, 3.05) is 9.80 Å². The van der Waals surface area contributed by atoms with Crippen LogP contribution in [0.25, 0.3) is 0 Å². The third-order valence-electron chi connectivity index (χ3n) is 8.01. The molecule has 0 unspecified atom stereocenters. The number of hydrogen-bond acceptors (Lipinski definition) is 4. The second-order valence-corrected chi connectivity index (χ2v) is 10.6. The summed E-state index contributed by atoms with van der Waals surface area (Å²) in [5.74, 6) is 0.135. The third kappa shape index (κ3) is 3.26. The van der Waals surface area contributed by atoms with Crippen LogP contribution in [0, 0.1) is 5.21 Å². The largest absolute Gasteiger partial charge is 0.714 e. The summed E-state index contributed by atoms with van der Waals surface area (Å²) in [6, 6.07) is 34.5. The zero-order valence-electron chi connectivity index (χ0n) is 21.4. The van der Waals surface area contributed by atoms with Crippen molar-refractivity contribution in [2.24, 2.45) is 0 Å². The van der Waals surface area contributed by atoms with E-state index >= 15 is 0 Å². The van der Waals surface area contributed by atoms with E-state index in [1.807, 2.05) is 94.4 Å². The van der Waals surface area contributed by atoms with Gasteiger partial charge in [-0.25, -0.2) is 0 Å². The number of benzene rings is 4. The van der Waals surface area contributed by atoms with Gasteiger partial charge in [0.2, 0.25) is 0 Å². The van der Waals surface area contributed by atoms with E-state index in [1.165, 1.54) is 0 Å². The number of anilines is 6. The van der Waals surface area contributed by atoms with E-state index in [1.54, 1.807) is 0 Å². The van der Waals surface area contributed by atoms with Crippen LogP contribution in [0.15, 0.2) is 103 Å². The van der Waals surface area contributed by atoms with Gasteiger partial charge >= 0.3 is 5.84 Å². The van der Waals surface area contributed by atoms with E-state index in [9.17, 15) is 10.4 Å². The molecule has 0 amide bonds. The molecule has 6 heteroatoms. The van der Waals surface area contributed by atoms with Crippen LogP contribution in [0.4, 0.5) is 34.1 Å². The van der Waals surface area contributed by atoms with E-state index in [0.29, 0.717) is 5.56 Å². The first kappa shape index (κ1) is 23.1. The molecule has 0 fully saturated rings. The van der Waals surface area contributed by atoms with E-state index < -0.39 is 11.1 Å². The molecule has 0 spiro atoms. The second-order valence-electron chi connectivity index (χ2n) is 10.6. The van der Waals surface area contributed by atoms with Crippen molar-refractivity contribution < 1.29 is 9.95 Å². The predicted octanol–water partition coefficient (Wildman–Crippen LogP) is 7.41. The van der Waals surface area contributed by atoms with Crippen LogP contribution in [0.1, 0.15) is 33.3 Å². The first-order valence-electron chi connectivity index (χ1n) is 12.5. The summed E-state index contributed by atoms with van der Waals surface area (Å²) in [5.41, 5.74) is 4.76. The van der Waals surface area contributed by atoms with Crippen molar-refractivity contribution in [3.63, 3.8) is 0 Å². The lowest BCUT2D eigenvalue weighted by atomic mass is 9.84. The van der Waals surface area contributed by atoms with Gasteiger partial charge in [0, 0.05) is 16.6 Å². The SMILES string of the molecule is CC1(C)N([O])C(c2ccc3c(c2)N(c2ccccc2)c2ccccc2N3c2ccccc2)=[N+]([O-])C1(C)C. The Bertz CT molecular complexity index is 1510. The summed E-state index contributed by atoms with van der Waals surface area (Å²) in [6.07, 6.45) is 0. The average Bonchev–Trinajstić information content (AvgIpc) is 3.03. The highest BCUT2D eigenvalue weighted by atomic mass is 16.5. The molecule has 0 N–H and O–H groups in total. The Balaban J connectivity index is 1.62. The molecule has 2 aliphatic rings. The van der Waals surface area contributed by atoms with Crippen molar-refractivity contribution in [2.45, 2.75) is 38.8 Å². The van der Waals surface area contributed by atoms with Gasteiger partial charge in [-0.3, -0.25) is 4.74 Å². The average molecular weight is 490 g/mol. The van der Waals surface area contributed by atoms with Crippen molar-refractivity contribution >= 4 is 40.0 Å². The fraction of sp³-hybridized carbons (Fsp3) is 0.194. The molecule has 2 heterocycles. The Kier molecular flexibility index (Phi) is 5.07. The van der Waals surface area contributed by atoms with Crippen LogP contribution in [-0.4, -0.2) is 26.7 Å². The number of amidine groups is 1. The molecule has 0 bridgehead atoms. The third-order valence-corrected chi connectivity index (χ3v) is 8.01. The number of hydrogen-bond donors (Lipinski definition) is 0. The highest BCUT2D eigenvalue weighted by Crippen LogP contribution is 2.54. The molecule has 0 aromatic heterocycles. The molecule has 6 nitrogen and oxygen atoms in total. The minimum absolute atomic E-state index is 0.135. The van der Waals surface area contributed by atoms with Crippen LogP contribution >= 0.6 is 0 Å². The lowest BCUT2D eigenvalue weighted by Gasteiger charge is -2.40. The maximum atomic E-state index is 13.5. The Morgan fingerprint density at radius 2 is 1.08 bits per heavy atom. The Morgan fingerprint density at radius 3 is 1.57 bits per heavy atom. The molecule has 0 aliphatic carbocycles. The summed E-state index contributed by atoms with van der Waals surface area (Å²) < 4.78 is 0.875. The van der Waals surface area contributed by atoms with Crippen molar-refractivity contribution in [3.05, 3.63) is 114 Å². The Labute approximate surface area is 217 Å². The maximum absolute atomic E-state index is 13.5. The number of fused-ring (bicyclic) bond motifs is 2. The van der Waals surface area contributed by atoms with Crippen LogP contribution < -0.4 is 9.80 Å². The summed E-state index contributed by atoms with van der Waals surface area (Å²) in [6.45, 7) is 7.28. The Morgan fingerprint density at radius 1 is 0.622 bits per heavy atom. The van der Waals surface area contributed by atoms with E-state index in [4.69, 9.17) is 0 Å². The fourth-order valence-electron chi connectivity index (χ4n) is 5.19. The molecular weight excluding hydrogens is 460 g/mol. The number of para-hydroxylation sites is 4. The fourth-order valence-corrected chi connectivity index (χ4v) is 5.19. The molecule has 6 rings (SSSR count). The van der Waals surface area contributed by atoms with Gasteiger partial charge in [0.25, 0.3) is 0 Å². The van der Waals surface area contributed by atoms with Crippen LogP contribution in [0.2, 0.25) is 0 Å². The first-order valence-corrected chi connectivity index (χ1v) is 12.5. The summed E-state index contributed by atoms with van der Waals surface area (Å²) in [7, 11) is 0. The molecule has 0 atom stereocenters. The zero-order valence-corrected chi connectivity index (χ0v) is 21.4. The highest BCUT2D eigenvalue weighted by molar-refractivity contribution is 6.05. The minimum atomic E-state index is -0.887. The molecular formula is C31H29N4O2. The molecule has 1 radical (unpaired) electrons. The van der Waals surface area contributed by atoms with Gasteiger partial charge < -0.3 is 15.0 Å². The minimum Gasteiger partial charge on any atom is -0.714 e. The van der Waals surface area contributed by atoms with Gasteiger partial charge in [0.15, 0.2) is 5.54 Å². The maximum Gasteiger partial charge on any atom is 0.316 e. The smallest absolute Gasteiger partial charge is 0.316 e. The summed E-state index contributed by atoms with van der Waals surface area (Å²) >= 11 is 0. The molecule has 37 heavy (non-hydrogen) atoms. The zero-order chi connectivity index (χ0) is 25.9. The molecule has 0 saturated carbocycles. The van der Waals surface area contributed by atoms with Gasteiger partial charge in [-0.05, 0) is 82.3 Å². The topological polar surface area (TPSA) is 55.7 Å². The molecule has 2 aliphatic heterocycles. The number of nitrogens with zero attached hydrogens (tertiary/aromatic N) is 4. The quantitative estimate of drug-likeness (QED) is 0.196. The van der Waals surface area contributed by atoms with Gasteiger partial charge in [0.05, 0.1) is 28.3 Å². The molecule has 4 aromatic rings. The molecule has 4 aromatic carbocycles. The lowest BCUT2D eigenvalue weighted by molar-refractivity contribution is -0.539. The van der Waals surface area contributed by atoms with Crippen LogP contribution in [-0.2, 0) is 5.21 Å². The van der Waals surface area contributed by atoms with Crippen LogP contribution in [0.3, 0.4) is 0 Å². The molecule has 185 valence electrons. The van der Waals surface area contributed by atoms with Gasteiger partial charge in [-0.2, -0.15) is 0 Å². The normalized spacial score (nSPS) is 17.6. The molecule has 0 saturated heterocycles. The van der Waals surface area contributed by atoms with E-state index in [0.717, 1.165) is 43.9 Å². The summed E-state index contributed by atoms with van der Waals surface area (Å²) in [4.78, 5) is 4.43. The Hall–Kier alpha value is -4.29. The van der Waals surface area contributed by atoms with Crippen molar-refractivity contribution in [1.82, 2.24) is 5.06 Å². The van der Waals surface area contributed by atoms with Crippen molar-refractivity contribution in [1.29, 1.82) is 0 Å². The van der Waals surface area contributed by atoms with Gasteiger partial charge in [-0.1, -0.05) is 53.6 Å². The van der Waals surface area contributed by atoms with Gasteiger partial charge in [0.1, 0.15) is 5.54 Å². The van der Waals surface area contributed by atoms with E-state index in [2.05, 4.69) is 46.2 Å². The standard InChI is InChI=1S/C31H29N4O2/c1-30(2)31(3,4)35(37)29(34(30)36)22-19-20-27-28(21-22)33(24-15-9-6-10-16-24)26-18-12-11-17-25(26)32(27)23-13-7-5-8-14-23/h5-21H,1-4H3. The second kappa shape index (κ2) is 8.11. The van der Waals surface area contributed by atoms with Crippen LogP contribution in [0.5, 0.6) is 0 Å². The number of hydroxylamine groups is 3. The number of rotatable bonds is 3.